The van der Waals surface area contributed by atoms with Gasteiger partial charge in [0.05, 0.1) is 4.90 Å². The van der Waals surface area contributed by atoms with Crippen LogP contribution in [0.3, 0.4) is 0 Å². The number of hydrogen-bond acceptors (Lipinski definition) is 3. The molecule has 4 nitrogen and oxygen atoms in total. The Bertz CT molecular complexity index is 533. The highest BCUT2D eigenvalue weighted by Crippen LogP contribution is 2.23. The third-order valence-electron chi connectivity index (χ3n) is 3.47. The first kappa shape index (κ1) is 18.1. The molecule has 0 saturated heterocycles. The SMILES string of the molecule is CC(C)N[C@H](CN(C)S(=O)(=O)c1ccccc1)C(C)(C)C. The van der Waals surface area contributed by atoms with E-state index in [1.54, 1.807) is 31.3 Å². The molecule has 0 aliphatic carbocycles. The van der Waals surface area contributed by atoms with Crippen molar-refractivity contribution in [2.45, 2.75) is 51.6 Å². The van der Waals surface area contributed by atoms with E-state index < -0.39 is 10.0 Å². The molecule has 0 radical (unpaired) electrons. The van der Waals surface area contributed by atoms with Crippen LogP contribution in [0.5, 0.6) is 0 Å². The molecule has 21 heavy (non-hydrogen) atoms. The topological polar surface area (TPSA) is 49.4 Å². The Balaban J connectivity index is 2.94. The lowest BCUT2D eigenvalue weighted by molar-refractivity contribution is 0.223. The summed E-state index contributed by atoms with van der Waals surface area (Å²) in [7, 11) is -1.79. The number of hydrogen-bond donors (Lipinski definition) is 1. The number of rotatable bonds is 6. The number of sulfonamides is 1. The monoisotopic (exact) mass is 312 g/mol. The van der Waals surface area contributed by atoms with E-state index in [0.29, 0.717) is 17.5 Å². The van der Waals surface area contributed by atoms with Gasteiger partial charge in [0.15, 0.2) is 0 Å². The molecular weight excluding hydrogens is 284 g/mol. The highest BCUT2D eigenvalue weighted by molar-refractivity contribution is 7.89. The molecule has 0 aliphatic heterocycles. The molecule has 0 amide bonds. The summed E-state index contributed by atoms with van der Waals surface area (Å²) in [6.45, 7) is 11.0. The largest absolute Gasteiger partial charge is 0.310 e. The Kier molecular flexibility index (Phi) is 5.96. The number of likely N-dealkylation sites (N-methyl/N-ethyl adjacent to an activating group) is 1. The molecule has 120 valence electrons. The second-order valence-corrected chi connectivity index (χ2v) is 8.88. The summed E-state index contributed by atoms with van der Waals surface area (Å²) < 4.78 is 26.6. The van der Waals surface area contributed by atoms with E-state index in [2.05, 4.69) is 39.9 Å². The zero-order chi connectivity index (χ0) is 16.3. The molecule has 1 atom stereocenters. The minimum Gasteiger partial charge on any atom is -0.310 e. The molecule has 5 heteroatoms. The fourth-order valence-corrected chi connectivity index (χ4v) is 3.31. The fraction of sp³-hybridized carbons (Fsp3) is 0.625. The molecule has 0 aliphatic rings. The molecular formula is C16H28N2O2S. The van der Waals surface area contributed by atoms with Crippen molar-refractivity contribution in [3.8, 4) is 0 Å². The average molecular weight is 312 g/mol. The zero-order valence-electron chi connectivity index (χ0n) is 13.9. The first-order chi connectivity index (χ1) is 9.55. The number of benzene rings is 1. The van der Waals surface area contributed by atoms with Crippen molar-refractivity contribution in [3.05, 3.63) is 30.3 Å². The molecule has 0 fully saturated rings. The lowest BCUT2D eigenvalue weighted by Crippen LogP contribution is -2.51. The van der Waals surface area contributed by atoms with Crippen LogP contribution < -0.4 is 5.32 Å². The van der Waals surface area contributed by atoms with Crippen molar-refractivity contribution in [1.29, 1.82) is 0 Å². The summed E-state index contributed by atoms with van der Waals surface area (Å²) in [4.78, 5) is 0.338. The van der Waals surface area contributed by atoms with Crippen LogP contribution >= 0.6 is 0 Å². The Morgan fingerprint density at radius 2 is 1.67 bits per heavy atom. The fourth-order valence-electron chi connectivity index (χ4n) is 2.11. The van der Waals surface area contributed by atoms with Crippen molar-refractivity contribution in [2.24, 2.45) is 5.41 Å². The van der Waals surface area contributed by atoms with Crippen molar-refractivity contribution in [1.82, 2.24) is 9.62 Å². The van der Waals surface area contributed by atoms with Gasteiger partial charge in [-0.1, -0.05) is 52.8 Å². The maximum atomic E-state index is 12.6. The van der Waals surface area contributed by atoms with Crippen molar-refractivity contribution in [3.63, 3.8) is 0 Å². The number of nitrogens with zero attached hydrogens (tertiary/aromatic N) is 1. The highest BCUT2D eigenvalue weighted by Gasteiger charge is 2.30. The van der Waals surface area contributed by atoms with Gasteiger partial charge in [0, 0.05) is 25.7 Å². The van der Waals surface area contributed by atoms with E-state index in [4.69, 9.17) is 0 Å². The van der Waals surface area contributed by atoms with E-state index >= 15 is 0 Å². The lowest BCUT2D eigenvalue weighted by Gasteiger charge is -2.35. The predicted octanol–water partition coefficient (Wildman–Crippen LogP) is 2.72. The molecule has 1 aromatic carbocycles. The molecule has 0 bridgehead atoms. The second-order valence-electron chi connectivity index (χ2n) is 6.84. The van der Waals surface area contributed by atoms with Crippen molar-refractivity contribution in [2.75, 3.05) is 13.6 Å². The van der Waals surface area contributed by atoms with Gasteiger partial charge >= 0.3 is 0 Å². The minimum atomic E-state index is -3.44. The maximum Gasteiger partial charge on any atom is 0.242 e. The molecule has 0 heterocycles. The van der Waals surface area contributed by atoms with Crippen LogP contribution in [0.15, 0.2) is 35.2 Å². The van der Waals surface area contributed by atoms with Gasteiger partial charge in [0.25, 0.3) is 0 Å². The van der Waals surface area contributed by atoms with Gasteiger partial charge in [-0.25, -0.2) is 8.42 Å². The van der Waals surface area contributed by atoms with Gasteiger partial charge in [-0.3, -0.25) is 0 Å². The summed E-state index contributed by atoms with van der Waals surface area (Å²) >= 11 is 0. The highest BCUT2D eigenvalue weighted by atomic mass is 32.2. The summed E-state index contributed by atoms with van der Waals surface area (Å²) in [5.41, 5.74) is -0.0231. The van der Waals surface area contributed by atoms with Gasteiger partial charge in [-0.05, 0) is 17.5 Å². The Labute approximate surface area is 129 Å². The van der Waals surface area contributed by atoms with Gasteiger partial charge < -0.3 is 5.32 Å². The molecule has 1 N–H and O–H groups in total. The second kappa shape index (κ2) is 6.90. The van der Waals surface area contributed by atoms with E-state index in [1.807, 2.05) is 6.07 Å². The minimum absolute atomic E-state index is 0.0231. The number of nitrogens with one attached hydrogen (secondary N) is 1. The quantitative estimate of drug-likeness (QED) is 0.878. The molecule has 0 spiro atoms. The lowest BCUT2D eigenvalue weighted by atomic mass is 9.86. The summed E-state index contributed by atoms with van der Waals surface area (Å²) in [6, 6.07) is 8.96. The van der Waals surface area contributed by atoms with Crippen molar-refractivity contribution >= 4 is 10.0 Å². The van der Waals surface area contributed by atoms with Crippen LogP contribution in [0.25, 0.3) is 0 Å². The molecule has 0 unspecified atom stereocenters. The Morgan fingerprint density at radius 3 is 2.10 bits per heavy atom. The maximum absolute atomic E-state index is 12.6. The smallest absolute Gasteiger partial charge is 0.242 e. The van der Waals surface area contributed by atoms with Crippen LogP contribution in [0, 0.1) is 5.41 Å². The van der Waals surface area contributed by atoms with Gasteiger partial charge in [-0.15, -0.1) is 0 Å². The van der Waals surface area contributed by atoms with Gasteiger partial charge in [-0.2, -0.15) is 4.31 Å². The molecule has 1 aromatic rings. The molecule has 0 aromatic heterocycles. The summed E-state index contributed by atoms with van der Waals surface area (Å²) in [6.07, 6.45) is 0. The van der Waals surface area contributed by atoms with Crippen LogP contribution in [0.2, 0.25) is 0 Å². The third-order valence-corrected chi connectivity index (χ3v) is 5.31. The van der Waals surface area contributed by atoms with Crippen LogP contribution in [-0.2, 0) is 10.0 Å². The van der Waals surface area contributed by atoms with E-state index in [0.717, 1.165) is 0 Å². The van der Waals surface area contributed by atoms with Crippen LogP contribution in [0.1, 0.15) is 34.6 Å². The van der Waals surface area contributed by atoms with Gasteiger partial charge in [0.1, 0.15) is 0 Å². The van der Waals surface area contributed by atoms with Crippen LogP contribution in [-0.4, -0.2) is 38.4 Å². The first-order valence-corrected chi connectivity index (χ1v) is 8.76. The molecule has 1 rings (SSSR count). The third kappa shape index (κ3) is 5.09. The normalized spacial score (nSPS) is 14.7. The molecule has 0 saturated carbocycles. The van der Waals surface area contributed by atoms with Crippen molar-refractivity contribution < 1.29 is 8.42 Å². The van der Waals surface area contributed by atoms with E-state index in [1.165, 1.54) is 4.31 Å². The predicted molar refractivity (Wildman–Crippen MR) is 87.8 cm³/mol. The summed E-state index contributed by atoms with van der Waals surface area (Å²) in [5, 5.41) is 3.47. The Morgan fingerprint density at radius 1 is 1.14 bits per heavy atom. The average Bonchev–Trinajstić information content (AvgIpc) is 2.37. The Hall–Kier alpha value is -0.910. The van der Waals surface area contributed by atoms with Gasteiger partial charge in [0.2, 0.25) is 10.0 Å². The standard InChI is InChI=1S/C16H28N2O2S/c1-13(2)17-15(16(3,4)5)12-18(6)21(19,20)14-10-8-7-9-11-14/h7-11,13,15,17H,12H2,1-6H3/t15-/m1/s1. The summed E-state index contributed by atoms with van der Waals surface area (Å²) in [5.74, 6) is 0. The first-order valence-electron chi connectivity index (χ1n) is 7.32. The van der Waals surface area contributed by atoms with Crippen LogP contribution in [0.4, 0.5) is 0 Å². The van der Waals surface area contributed by atoms with E-state index in [-0.39, 0.29) is 11.5 Å². The van der Waals surface area contributed by atoms with E-state index in [9.17, 15) is 8.42 Å². The zero-order valence-corrected chi connectivity index (χ0v) is 14.7.